The maximum Gasteiger partial charge on any atom is 0.341 e. The van der Waals surface area contributed by atoms with Crippen LogP contribution >= 0.6 is 0 Å². The fraction of sp³-hybridized carbons (Fsp3) is 0.375. The zero-order valence-electron chi connectivity index (χ0n) is 18.0. The van der Waals surface area contributed by atoms with Gasteiger partial charge in [-0.1, -0.05) is 18.2 Å². The molecule has 0 aromatic heterocycles. The van der Waals surface area contributed by atoms with Crippen LogP contribution in [0.5, 0.6) is 5.75 Å². The molecule has 2 aromatic carbocycles. The predicted octanol–water partition coefficient (Wildman–Crippen LogP) is 3.93. The maximum atomic E-state index is 13.9. The van der Waals surface area contributed by atoms with Crippen LogP contribution < -0.4 is 9.46 Å². The van der Waals surface area contributed by atoms with Gasteiger partial charge in [-0.3, -0.25) is 9.62 Å². The van der Waals surface area contributed by atoms with Gasteiger partial charge in [0.25, 0.3) is 10.0 Å². The SMILES string of the molecule is O=C(O)c1c(NS(=O)(=O)c2ccc(F)cc2C=CCN2CCCC2)ccc2c1OC[C@H]1C[C@@H]21. The zero-order chi connectivity index (χ0) is 23.2. The Morgan fingerprint density at radius 2 is 2.03 bits per heavy atom. The largest absolute Gasteiger partial charge is 0.492 e. The van der Waals surface area contributed by atoms with E-state index in [1.54, 1.807) is 12.1 Å². The van der Waals surface area contributed by atoms with Crippen LogP contribution in [0.25, 0.3) is 6.08 Å². The van der Waals surface area contributed by atoms with Crippen LogP contribution in [0, 0.1) is 11.7 Å². The molecule has 3 aliphatic rings. The van der Waals surface area contributed by atoms with Gasteiger partial charge in [0, 0.05) is 12.5 Å². The molecule has 0 unspecified atom stereocenters. The lowest BCUT2D eigenvalue weighted by atomic mass is 10.0. The number of carbonyl (C=O) groups is 1. The quantitative estimate of drug-likeness (QED) is 0.634. The van der Waals surface area contributed by atoms with Gasteiger partial charge in [0.05, 0.1) is 17.2 Å². The van der Waals surface area contributed by atoms with Crippen molar-refractivity contribution >= 4 is 27.8 Å². The van der Waals surface area contributed by atoms with E-state index in [2.05, 4.69) is 9.62 Å². The molecule has 2 heterocycles. The molecule has 2 atom stereocenters. The first-order chi connectivity index (χ1) is 15.8. The van der Waals surface area contributed by atoms with Gasteiger partial charge in [0.1, 0.15) is 17.1 Å². The monoisotopic (exact) mass is 472 g/mol. The molecule has 1 saturated carbocycles. The molecule has 2 aromatic rings. The van der Waals surface area contributed by atoms with E-state index in [4.69, 9.17) is 4.74 Å². The van der Waals surface area contributed by atoms with Crippen LogP contribution in [-0.2, 0) is 10.0 Å². The molecule has 2 aliphatic heterocycles. The molecule has 0 radical (unpaired) electrons. The lowest BCUT2D eigenvalue weighted by molar-refractivity contribution is 0.0692. The summed E-state index contributed by atoms with van der Waals surface area (Å²) in [6, 6.07) is 6.63. The van der Waals surface area contributed by atoms with Crippen molar-refractivity contribution in [2.75, 3.05) is 31.0 Å². The lowest BCUT2D eigenvalue weighted by Gasteiger charge is -2.21. The maximum absolute atomic E-state index is 13.9. The molecule has 0 spiro atoms. The Hall–Kier alpha value is -2.91. The summed E-state index contributed by atoms with van der Waals surface area (Å²) in [7, 11) is -4.20. The number of nitrogens with zero attached hydrogens (tertiary/aromatic N) is 1. The normalized spacial score (nSPS) is 22.0. The van der Waals surface area contributed by atoms with Crippen molar-refractivity contribution in [3.8, 4) is 5.75 Å². The number of carboxylic acids is 1. The topological polar surface area (TPSA) is 95.9 Å². The molecule has 2 N–H and O–H groups in total. The predicted molar refractivity (Wildman–Crippen MR) is 122 cm³/mol. The molecule has 0 amide bonds. The van der Waals surface area contributed by atoms with Crippen molar-refractivity contribution < 1.29 is 27.4 Å². The number of nitrogens with one attached hydrogen (secondary N) is 1. The van der Waals surface area contributed by atoms with Crippen LogP contribution in [-0.4, -0.2) is 50.6 Å². The average molecular weight is 473 g/mol. The summed E-state index contributed by atoms with van der Waals surface area (Å²) in [6.45, 7) is 3.05. The van der Waals surface area contributed by atoms with Gasteiger partial charge in [0.2, 0.25) is 0 Å². The Morgan fingerprint density at radius 1 is 1.24 bits per heavy atom. The number of likely N-dealkylation sites (tertiary alicyclic amines) is 1. The fourth-order valence-electron chi connectivity index (χ4n) is 4.73. The molecule has 2 fully saturated rings. The first-order valence-corrected chi connectivity index (χ1v) is 12.6. The van der Waals surface area contributed by atoms with E-state index in [1.165, 1.54) is 12.1 Å². The number of halogens is 1. The molecule has 1 saturated heterocycles. The second-order valence-electron chi connectivity index (χ2n) is 8.82. The van der Waals surface area contributed by atoms with E-state index in [9.17, 15) is 22.7 Å². The van der Waals surface area contributed by atoms with Crippen LogP contribution in [0.1, 0.15) is 46.7 Å². The highest BCUT2D eigenvalue weighted by molar-refractivity contribution is 7.92. The first kappa shape index (κ1) is 21.9. The van der Waals surface area contributed by atoms with Gasteiger partial charge in [-0.15, -0.1) is 0 Å². The number of ether oxygens (including phenoxy) is 1. The number of sulfonamides is 1. The van der Waals surface area contributed by atoms with E-state index < -0.39 is 21.8 Å². The van der Waals surface area contributed by atoms with Crippen LogP contribution in [0.3, 0.4) is 0 Å². The van der Waals surface area contributed by atoms with E-state index in [1.807, 2.05) is 6.08 Å². The van der Waals surface area contributed by atoms with Crippen molar-refractivity contribution in [1.82, 2.24) is 4.90 Å². The van der Waals surface area contributed by atoms with Gasteiger partial charge in [-0.25, -0.2) is 17.6 Å². The second-order valence-corrected chi connectivity index (χ2v) is 10.5. The smallest absolute Gasteiger partial charge is 0.341 e. The molecule has 33 heavy (non-hydrogen) atoms. The number of benzene rings is 2. The van der Waals surface area contributed by atoms with Gasteiger partial charge < -0.3 is 9.84 Å². The average Bonchev–Trinajstić information content (AvgIpc) is 3.38. The summed E-state index contributed by atoms with van der Waals surface area (Å²) >= 11 is 0. The first-order valence-electron chi connectivity index (χ1n) is 11.1. The highest BCUT2D eigenvalue weighted by Gasteiger charge is 2.45. The Morgan fingerprint density at radius 3 is 2.79 bits per heavy atom. The third kappa shape index (κ3) is 4.35. The minimum atomic E-state index is -4.20. The van der Waals surface area contributed by atoms with Gasteiger partial charge >= 0.3 is 5.97 Å². The zero-order valence-corrected chi connectivity index (χ0v) is 18.8. The molecule has 9 heteroatoms. The van der Waals surface area contributed by atoms with Gasteiger partial charge in [-0.2, -0.15) is 0 Å². The summed E-state index contributed by atoms with van der Waals surface area (Å²) in [5.74, 6) is -0.931. The Bertz CT molecular complexity index is 1240. The standard InChI is InChI=1S/C24H25FN2O5S/c25-17-5-8-21(15(12-17)4-3-11-27-9-1-2-10-27)33(30,31)26-20-7-6-18-19-13-16(19)14-32-23(18)22(20)24(28)29/h3-8,12,16,19,26H,1-2,9-11,13-14H2,(H,28,29)/t16-,19-/m1/s1. The second kappa shape index (κ2) is 8.46. The number of anilines is 1. The Balaban J connectivity index is 1.46. The Kier molecular flexibility index (Phi) is 5.62. The van der Waals surface area contributed by atoms with E-state index in [0.717, 1.165) is 50.0 Å². The van der Waals surface area contributed by atoms with Gasteiger partial charge in [-0.05, 0) is 73.7 Å². The summed E-state index contributed by atoms with van der Waals surface area (Å²) in [6.07, 6.45) is 6.63. The molecule has 1 aliphatic carbocycles. The summed E-state index contributed by atoms with van der Waals surface area (Å²) in [5, 5.41) is 9.82. The van der Waals surface area contributed by atoms with Crippen molar-refractivity contribution in [3.05, 3.63) is 58.9 Å². The molecule has 7 nitrogen and oxygen atoms in total. The number of aromatic carboxylic acids is 1. The third-order valence-corrected chi connectivity index (χ3v) is 7.97. The van der Waals surface area contributed by atoms with Crippen LogP contribution in [0.2, 0.25) is 0 Å². The number of hydrogen-bond donors (Lipinski definition) is 2. The van der Waals surface area contributed by atoms with Crippen molar-refractivity contribution in [3.63, 3.8) is 0 Å². The van der Waals surface area contributed by atoms with E-state index >= 15 is 0 Å². The molecular formula is C24H25FN2O5S. The van der Waals surface area contributed by atoms with Crippen LogP contribution in [0.15, 0.2) is 41.3 Å². The van der Waals surface area contributed by atoms with Crippen molar-refractivity contribution in [2.45, 2.75) is 30.1 Å². The molecule has 174 valence electrons. The van der Waals surface area contributed by atoms with E-state index in [0.29, 0.717) is 19.1 Å². The van der Waals surface area contributed by atoms with E-state index in [-0.39, 0.29) is 33.4 Å². The minimum absolute atomic E-state index is 0.0725. The fourth-order valence-corrected chi connectivity index (χ4v) is 5.99. The van der Waals surface area contributed by atoms with Gasteiger partial charge in [0.15, 0.2) is 0 Å². The van der Waals surface area contributed by atoms with Crippen molar-refractivity contribution in [2.24, 2.45) is 5.92 Å². The third-order valence-electron chi connectivity index (χ3n) is 6.53. The van der Waals surface area contributed by atoms with Crippen LogP contribution in [0.4, 0.5) is 10.1 Å². The summed E-state index contributed by atoms with van der Waals surface area (Å²) in [5.41, 5.74) is 0.735. The lowest BCUT2D eigenvalue weighted by Crippen LogP contribution is -2.20. The number of fused-ring (bicyclic) bond motifs is 3. The highest BCUT2D eigenvalue weighted by atomic mass is 32.2. The molecule has 0 bridgehead atoms. The summed E-state index contributed by atoms with van der Waals surface area (Å²) < 4.78 is 48.5. The number of rotatable bonds is 7. The molecular weight excluding hydrogens is 447 g/mol. The minimum Gasteiger partial charge on any atom is -0.492 e. The Labute approximate surface area is 191 Å². The number of carboxylic acid groups (broad SMARTS) is 1. The highest BCUT2D eigenvalue weighted by Crippen LogP contribution is 2.55. The number of hydrogen-bond acceptors (Lipinski definition) is 5. The summed E-state index contributed by atoms with van der Waals surface area (Å²) in [4.78, 5) is 14.1. The van der Waals surface area contributed by atoms with Crippen molar-refractivity contribution in [1.29, 1.82) is 0 Å². The molecule has 5 rings (SSSR count).